The first-order valence-electron chi connectivity index (χ1n) is 6.72. The second-order valence-corrected chi connectivity index (χ2v) is 5.86. The summed E-state index contributed by atoms with van der Waals surface area (Å²) in [6.07, 6.45) is 0.974. The Kier molecular flexibility index (Phi) is 4.15. The van der Waals surface area contributed by atoms with Crippen molar-refractivity contribution in [2.75, 3.05) is 11.9 Å². The summed E-state index contributed by atoms with van der Waals surface area (Å²) in [6.45, 7) is 1.73. The number of fused-ring (bicyclic) bond motifs is 1. The highest BCUT2D eigenvalue weighted by Gasteiger charge is 2.15. The molecule has 0 spiro atoms. The van der Waals surface area contributed by atoms with Gasteiger partial charge < -0.3 is 10.6 Å². The van der Waals surface area contributed by atoms with Gasteiger partial charge in [0.05, 0.1) is 0 Å². The van der Waals surface area contributed by atoms with E-state index in [4.69, 9.17) is 23.2 Å². The van der Waals surface area contributed by atoms with Crippen molar-refractivity contribution < 1.29 is 4.79 Å². The smallest absolute Gasteiger partial charge is 0.255 e. The Morgan fingerprint density at radius 1 is 1.14 bits per heavy atom. The van der Waals surface area contributed by atoms with Gasteiger partial charge in [0.2, 0.25) is 0 Å². The molecule has 5 heteroatoms. The molecule has 0 aromatic heterocycles. The van der Waals surface area contributed by atoms with E-state index in [1.807, 2.05) is 12.1 Å². The number of benzene rings is 2. The average molecular weight is 321 g/mol. The number of carbonyl (C=O) groups is 1. The molecule has 0 radical (unpaired) electrons. The molecule has 108 valence electrons. The van der Waals surface area contributed by atoms with Crippen molar-refractivity contribution in [1.82, 2.24) is 5.32 Å². The second kappa shape index (κ2) is 6.06. The van der Waals surface area contributed by atoms with Gasteiger partial charge >= 0.3 is 0 Å². The van der Waals surface area contributed by atoms with Crippen LogP contribution >= 0.6 is 23.2 Å². The Morgan fingerprint density at radius 2 is 1.90 bits per heavy atom. The van der Waals surface area contributed by atoms with E-state index in [1.54, 1.807) is 18.2 Å². The molecule has 2 aromatic rings. The van der Waals surface area contributed by atoms with Crippen LogP contribution in [0.25, 0.3) is 0 Å². The number of hydrogen-bond acceptors (Lipinski definition) is 2. The van der Waals surface area contributed by atoms with Crippen LogP contribution in [0.15, 0.2) is 36.4 Å². The molecule has 1 aliphatic heterocycles. The topological polar surface area (TPSA) is 41.1 Å². The lowest BCUT2D eigenvalue weighted by molar-refractivity contribution is 0.102. The zero-order valence-electron chi connectivity index (χ0n) is 11.2. The van der Waals surface area contributed by atoms with E-state index in [0.29, 0.717) is 15.6 Å². The van der Waals surface area contributed by atoms with Crippen LogP contribution in [0.1, 0.15) is 21.5 Å². The minimum atomic E-state index is -0.210. The first-order valence-corrected chi connectivity index (χ1v) is 7.48. The number of rotatable bonds is 2. The van der Waals surface area contributed by atoms with Gasteiger partial charge in [-0.2, -0.15) is 0 Å². The number of halogens is 2. The average Bonchev–Trinajstić information content (AvgIpc) is 2.46. The Balaban J connectivity index is 1.88. The van der Waals surface area contributed by atoms with E-state index in [0.717, 1.165) is 30.8 Å². The molecule has 2 aromatic carbocycles. The molecule has 3 nitrogen and oxygen atoms in total. The van der Waals surface area contributed by atoms with Crippen molar-refractivity contribution in [2.45, 2.75) is 13.0 Å². The monoisotopic (exact) mass is 320 g/mol. The standard InChI is InChI=1S/C16H14Cl2N2O/c17-12-6-11(7-13(18)8-12)16(21)20-15-3-1-2-10-4-5-19-9-14(10)15/h1-3,6-8,19H,4-5,9H2,(H,20,21). The zero-order valence-corrected chi connectivity index (χ0v) is 12.8. The number of nitrogens with one attached hydrogen (secondary N) is 2. The van der Waals surface area contributed by atoms with E-state index in [9.17, 15) is 4.79 Å². The quantitative estimate of drug-likeness (QED) is 0.881. The molecular formula is C16H14Cl2N2O. The van der Waals surface area contributed by atoms with Crippen LogP contribution in [0.5, 0.6) is 0 Å². The van der Waals surface area contributed by atoms with Crippen LogP contribution in [0, 0.1) is 0 Å². The molecule has 3 rings (SSSR count). The van der Waals surface area contributed by atoms with Gasteiger partial charge in [-0.05, 0) is 48.4 Å². The molecule has 0 bridgehead atoms. The molecule has 2 N–H and O–H groups in total. The molecule has 0 atom stereocenters. The predicted octanol–water partition coefficient (Wildman–Crippen LogP) is 3.89. The molecular weight excluding hydrogens is 307 g/mol. The number of anilines is 1. The third-order valence-corrected chi connectivity index (χ3v) is 3.96. The number of hydrogen-bond donors (Lipinski definition) is 2. The van der Waals surface area contributed by atoms with Crippen LogP contribution in [0.2, 0.25) is 10.0 Å². The maximum Gasteiger partial charge on any atom is 0.255 e. The van der Waals surface area contributed by atoms with Crippen molar-refractivity contribution in [3.63, 3.8) is 0 Å². The summed E-state index contributed by atoms with van der Waals surface area (Å²) in [5, 5.41) is 7.16. The van der Waals surface area contributed by atoms with Crippen molar-refractivity contribution in [3.8, 4) is 0 Å². The molecule has 21 heavy (non-hydrogen) atoms. The lowest BCUT2D eigenvalue weighted by Crippen LogP contribution is -2.25. The van der Waals surface area contributed by atoms with Crippen molar-refractivity contribution in [3.05, 3.63) is 63.1 Å². The minimum absolute atomic E-state index is 0.210. The summed E-state index contributed by atoms with van der Waals surface area (Å²) in [6, 6.07) is 10.8. The van der Waals surface area contributed by atoms with Crippen LogP contribution in [0.4, 0.5) is 5.69 Å². The van der Waals surface area contributed by atoms with Crippen molar-refractivity contribution in [2.24, 2.45) is 0 Å². The van der Waals surface area contributed by atoms with Gasteiger partial charge in [-0.25, -0.2) is 0 Å². The van der Waals surface area contributed by atoms with Crippen molar-refractivity contribution in [1.29, 1.82) is 0 Å². The molecule has 0 saturated carbocycles. The van der Waals surface area contributed by atoms with Gasteiger partial charge in [-0.1, -0.05) is 35.3 Å². The molecule has 0 fully saturated rings. The fourth-order valence-electron chi connectivity index (χ4n) is 2.51. The second-order valence-electron chi connectivity index (χ2n) is 4.98. The molecule has 0 saturated heterocycles. The first kappa shape index (κ1) is 14.4. The largest absolute Gasteiger partial charge is 0.322 e. The Bertz CT molecular complexity index is 680. The maximum absolute atomic E-state index is 12.4. The molecule has 1 aliphatic rings. The molecule has 1 amide bonds. The summed E-state index contributed by atoms with van der Waals surface area (Å²) in [5.41, 5.74) is 3.70. The van der Waals surface area contributed by atoms with E-state index < -0.39 is 0 Å². The molecule has 0 aliphatic carbocycles. The third-order valence-electron chi connectivity index (χ3n) is 3.52. The summed E-state index contributed by atoms with van der Waals surface area (Å²) in [4.78, 5) is 12.4. The Morgan fingerprint density at radius 3 is 2.67 bits per heavy atom. The highest BCUT2D eigenvalue weighted by molar-refractivity contribution is 6.35. The van der Waals surface area contributed by atoms with E-state index in [2.05, 4.69) is 16.7 Å². The summed E-state index contributed by atoms with van der Waals surface area (Å²) >= 11 is 11.9. The van der Waals surface area contributed by atoms with Crippen LogP contribution in [0.3, 0.4) is 0 Å². The Hall–Kier alpha value is -1.55. The number of amides is 1. The first-order chi connectivity index (χ1) is 10.1. The van der Waals surface area contributed by atoms with Crippen LogP contribution < -0.4 is 10.6 Å². The molecule has 1 heterocycles. The number of carbonyl (C=O) groups excluding carboxylic acids is 1. The minimum Gasteiger partial charge on any atom is -0.322 e. The maximum atomic E-state index is 12.4. The third kappa shape index (κ3) is 3.21. The van der Waals surface area contributed by atoms with Crippen LogP contribution in [-0.2, 0) is 13.0 Å². The fourth-order valence-corrected chi connectivity index (χ4v) is 3.04. The van der Waals surface area contributed by atoms with E-state index >= 15 is 0 Å². The fraction of sp³-hybridized carbons (Fsp3) is 0.188. The SMILES string of the molecule is O=C(Nc1cccc2c1CNCC2)c1cc(Cl)cc(Cl)c1. The highest BCUT2D eigenvalue weighted by Crippen LogP contribution is 2.24. The van der Waals surface area contributed by atoms with E-state index in [1.165, 1.54) is 5.56 Å². The van der Waals surface area contributed by atoms with Gasteiger partial charge in [0.1, 0.15) is 0 Å². The van der Waals surface area contributed by atoms with Gasteiger partial charge in [0.25, 0.3) is 5.91 Å². The van der Waals surface area contributed by atoms with Gasteiger partial charge in [-0.3, -0.25) is 4.79 Å². The molecule has 0 unspecified atom stereocenters. The normalized spacial score (nSPS) is 13.6. The Labute approximate surface area is 133 Å². The summed E-state index contributed by atoms with van der Waals surface area (Å²) in [5.74, 6) is -0.210. The van der Waals surface area contributed by atoms with E-state index in [-0.39, 0.29) is 5.91 Å². The van der Waals surface area contributed by atoms with Gasteiger partial charge in [0, 0.05) is 27.8 Å². The summed E-state index contributed by atoms with van der Waals surface area (Å²) in [7, 11) is 0. The van der Waals surface area contributed by atoms with Gasteiger partial charge in [-0.15, -0.1) is 0 Å². The van der Waals surface area contributed by atoms with Gasteiger partial charge in [0.15, 0.2) is 0 Å². The summed E-state index contributed by atoms with van der Waals surface area (Å²) < 4.78 is 0. The predicted molar refractivity (Wildman–Crippen MR) is 86.3 cm³/mol. The van der Waals surface area contributed by atoms with Crippen molar-refractivity contribution >= 4 is 34.8 Å². The lowest BCUT2D eigenvalue weighted by atomic mass is 9.99. The van der Waals surface area contributed by atoms with Crippen LogP contribution in [-0.4, -0.2) is 12.5 Å². The zero-order chi connectivity index (χ0) is 14.8. The lowest BCUT2D eigenvalue weighted by Gasteiger charge is -2.20. The highest BCUT2D eigenvalue weighted by atomic mass is 35.5.